The third-order valence-corrected chi connectivity index (χ3v) is 5.75. The zero-order chi connectivity index (χ0) is 23.9. The molecule has 34 heavy (non-hydrogen) atoms. The first-order valence-electron chi connectivity index (χ1n) is 11.0. The molecule has 4 aromatic carbocycles. The van der Waals surface area contributed by atoms with Crippen molar-refractivity contribution in [2.24, 2.45) is 0 Å². The number of aryl methyl sites for hydroxylation is 1. The Morgan fingerprint density at radius 3 is 2.62 bits per heavy atom. The molecule has 0 aromatic heterocycles. The summed E-state index contributed by atoms with van der Waals surface area (Å²) in [5, 5.41) is 15.2. The SMILES string of the molecule is CCc1ccccc1NC(=O)/C(C#N)=C/c1c(OCc2cccc(Cl)c2)ccc2ccccc12. The van der Waals surface area contributed by atoms with E-state index in [0.29, 0.717) is 28.6 Å². The van der Waals surface area contributed by atoms with Crippen molar-refractivity contribution in [2.45, 2.75) is 20.0 Å². The predicted molar refractivity (Wildman–Crippen MR) is 138 cm³/mol. The van der Waals surface area contributed by atoms with Gasteiger partial charge in [0.05, 0.1) is 0 Å². The molecule has 0 aliphatic rings. The molecule has 0 aliphatic carbocycles. The van der Waals surface area contributed by atoms with Crippen LogP contribution in [0.2, 0.25) is 5.02 Å². The van der Waals surface area contributed by atoms with Crippen molar-refractivity contribution in [1.29, 1.82) is 5.26 Å². The average Bonchev–Trinajstić information content (AvgIpc) is 2.86. The summed E-state index contributed by atoms with van der Waals surface area (Å²) in [5.41, 5.74) is 3.30. The molecule has 4 rings (SSSR count). The van der Waals surface area contributed by atoms with Crippen molar-refractivity contribution in [3.8, 4) is 11.8 Å². The summed E-state index contributed by atoms with van der Waals surface area (Å²) in [7, 11) is 0. The Morgan fingerprint density at radius 2 is 1.82 bits per heavy atom. The van der Waals surface area contributed by atoms with Gasteiger partial charge in [-0.1, -0.05) is 79.2 Å². The fourth-order valence-corrected chi connectivity index (χ4v) is 3.98. The molecule has 0 saturated carbocycles. The standard InChI is InChI=1S/C29H23ClN2O2/c1-2-21-9-4-6-13-27(21)32-29(33)23(18-31)17-26-25-12-5-3-10-22(25)14-15-28(26)34-19-20-8-7-11-24(30)16-20/h3-17H,2,19H2,1H3,(H,32,33)/b23-17+. The lowest BCUT2D eigenvalue weighted by atomic mass is 10.0. The number of anilines is 1. The quantitative estimate of drug-likeness (QED) is 0.232. The van der Waals surface area contributed by atoms with Gasteiger partial charge in [0.25, 0.3) is 5.91 Å². The Balaban J connectivity index is 1.71. The summed E-state index contributed by atoms with van der Waals surface area (Å²) >= 11 is 6.10. The minimum absolute atomic E-state index is 0.00475. The molecule has 0 bridgehead atoms. The van der Waals surface area contributed by atoms with Gasteiger partial charge in [-0.3, -0.25) is 4.79 Å². The van der Waals surface area contributed by atoms with Gasteiger partial charge in [0, 0.05) is 16.3 Å². The maximum atomic E-state index is 13.0. The summed E-state index contributed by atoms with van der Waals surface area (Å²) in [5.74, 6) is 0.116. The van der Waals surface area contributed by atoms with Gasteiger partial charge in [-0.2, -0.15) is 5.26 Å². The lowest BCUT2D eigenvalue weighted by molar-refractivity contribution is -0.112. The highest BCUT2D eigenvalue weighted by Crippen LogP contribution is 2.31. The third kappa shape index (κ3) is 5.28. The van der Waals surface area contributed by atoms with Crippen molar-refractivity contribution in [2.75, 3.05) is 5.32 Å². The van der Waals surface area contributed by atoms with Gasteiger partial charge < -0.3 is 10.1 Å². The fraction of sp³-hybridized carbons (Fsp3) is 0.103. The molecular weight excluding hydrogens is 444 g/mol. The Labute approximate surface area is 204 Å². The van der Waals surface area contributed by atoms with E-state index in [1.807, 2.05) is 91.9 Å². The number of rotatable bonds is 7. The van der Waals surface area contributed by atoms with Gasteiger partial charge in [0.1, 0.15) is 24.0 Å². The maximum Gasteiger partial charge on any atom is 0.266 e. The number of benzene rings is 4. The molecule has 4 nitrogen and oxygen atoms in total. The molecule has 168 valence electrons. The number of carbonyl (C=O) groups is 1. The summed E-state index contributed by atoms with van der Waals surface area (Å²) in [4.78, 5) is 13.0. The van der Waals surface area contributed by atoms with Gasteiger partial charge in [0.2, 0.25) is 0 Å². The van der Waals surface area contributed by atoms with Crippen LogP contribution in [0.15, 0.2) is 90.5 Å². The largest absolute Gasteiger partial charge is 0.488 e. The summed E-state index contributed by atoms with van der Waals surface area (Å²) in [6.07, 6.45) is 2.37. The Morgan fingerprint density at radius 1 is 1.03 bits per heavy atom. The second-order valence-electron chi connectivity index (χ2n) is 7.75. The minimum atomic E-state index is -0.461. The number of amides is 1. The number of ether oxygens (including phenoxy) is 1. The molecule has 0 aliphatic heterocycles. The van der Waals surface area contributed by atoms with Crippen molar-refractivity contribution < 1.29 is 9.53 Å². The highest BCUT2D eigenvalue weighted by Gasteiger charge is 2.15. The van der Waals surface area contributed by atoms with Crippen LogP contribution in [0.3, 0.4) is 0 Å². The van der Waals surface area contributed by atoms with Crippen molar-refractivity contribution in [3.05, 3.63) is 112 Å². The molecule has 0 unspecified atom stereocenters. The Hall–Kier alpha value is -4.07. The van der Waals surface area contributed by atoms with Crippen LogP contribution in [0.4, 0.5) is 5.69 Å². The molecular formula is C29H23ClN2O2. The summed E-state index contributed by atoms with van der Waals surface area (Å²) < 4.78 is 6.12. The van der Waals surface area contributed by atoms with Gasteiger partial charge in [-0.05, 0) is 58.7 Å². The van der Waals surface area contributed by atoms with Crippen LogP contribution in [0.1, 0.15) is 23.6 Å². The normalized spacial score (nSPS) is 11.1. The van der Waals surface area contributed by atoms with Crippen LogP contribution in [0, 0.1) is 11.3 Å². The first-order chi connectivity index (χ1) is 16.6. The van der Waals surface area contributed by atoms with Crippen LogP contribution in [0.5, 0.6) is 5.75 Å². The van der Waals surface area contributed by atoms with Crippen LogP contribution in [-0.2, 0) is 17.8 Å². The average molecular weight is 467 g/mol. The maximum absolute atomic E-state index is 13.0. The van der Waals surface area contributed by atoms with Crippen LogP contribution in [0.25, 0.3) is 16.8 Å². The van der Waals surface area contributed by atoms with Crippen molar-refractivity contribution in [3.63, 3.8) is 0 Å². The molecule has 4 aromatic rings. The van der Waals surface area contributed by atoms with E-state index in [2.05, 4.69) is 11.4 Å². The first kappa shape index (κ1) is 23.1. The smallest absolute Gasteiger partial charge is 0.266 e. The van der Waals surface area contributed by atoms with Crippen LogP contribution in [-0.4, -0.2) is 5.91 Å². The van der Waals surface area contributed by atoms with Gasteiger partial charge >= 0.3 is 0 Å². The molecule has 1 N–H and O–H groups in total. The van der Waals surface area contributed by atoms with Crippen LogP contribution < -0.4 is 10.1 Å². The lowest BCUT2D eigenvalue weighted by Gasteiger charge is -2.13. The van der Waals surface area contributed by atoms with E-state index in [9.17, 15) is 10.1 Å². The molecule has 0 heterocycles. The molecule has 0 atom stereocenters. The first-order valence-corrected chi connectivity index (χ1v) is 11.4. The fourth-order valence-electron chi connectivity index (χ4n) is 3.77. The van der Waals surface area contributed by atoms with Crippen molar-refractivity contribution >= 4 is 40.0 Å². The van der Waals surface area contributed by atoms with E-state index in [4.69, 9.17) is 16.3 Å². The number of nitrogens with one attached hydrogen (secondary N) is 1. The molecule has 0 spiro atoms. The number of carbonyl (C=O) groups excluding carboxylic acids is 1. The minimum Gasteiger partial charge on any atom is -0.488 e. The highest BCUT2D eigenvalue weighted by atomic mass is 35.5. The number of hydrogen-bond donors (Lipinski definition) is 1. The second kappa shape index (κ2) is 10.7. The molecule has 0 saturated heterocycles. The number of nitriles is 1. The summed E-state index contributed by atoms with van der Waals surface area (Å²) in [6.45, 7) is 2.32. The van der Waals surface area contributed by atoms with E-state index >= 15 is 0 Å². The topological polar surface area (TPSA) is 62.1 Å². The Kier molecular flexibility index (Phi) is 7.27. The molecule has 1 amide bonds. The third-order valence-electron chi connectivity index (χ3n) is 5.51. The van der Waals surface area contributed by atoms with E-state index in [1.54, 1.807) is 6.08 Å². The lowest BCUT2D eigenvalue weighted by Crippen LogP contribution is -2.14. The van der Waals surface area contributed by atoms with Crippen LogP contribution >= 0.6 is 11.6 Å². The zero-order valence-corrected chi connectivity index (χ0v) is 19.5. The van der Waals surface area contributed by atoms with Crippen molar-refractivity contribution in [1.82, 2.24) is 0 Å². The molecule has 0 fully saturated rings. The van der Waals surface area contributed by atoms with Gasteiger partial charge in [-0.15, -0.1) is 0 Å². The zero-order valence-electron chi connectivity index (χ0n) is 18.7. The van der Waals surface area contributed by atoms with Gasteiger partial charge in [-0.25, -0.2) is 0 Å². The summed E-state index contributed by atoms with van der Waals surface area (Å²) in [6, 6.07) is 28.7. The molecule has 5 heteroatoms. The number of halogens is 1. The molecule has 0 radical (unpaired) electrons. The monoisotopic (exact) mass is 466 g/mol. The number of para-hydroxylation sites is 1. The van der Waals surface area contributed by atoms with Gasteiger partial charge in [0.15, 0.2) is 0 Å². The highest BCUT2D eigenvalue weighted by molar-refractivity contribution is 6.30. The van der Waals surface area contributed by atoms with E-state index in [-0.39, 0.29) is 5.57 Å². The van der Waals surface area contributed by atoms with E-state index < -0.39 is 5.91 Å². The number of fused-ring (bicyclic) bond motifs is 1. The second-order valence-corrected chi connectivity index (χ2v) is 8.19. The number of nitrogens with zero attached hydrogens (tertiary/aromatic N) is 1. The van der Waals surface area contributed by atoms with E-state index in [1.165, 1.54) is 0 Å². The van der Waals surface area contributed by atoms with E-state index in [0.717, 1.165) is 28.3 Å². The predicted octanol–water partition coefficient (Wildman–Crippen LogP) is 7.18. The Bertz CT molecular complexity index is 1420. The number of hydrogen-bond acceptors (Lipinski definition) is 3.